The van der Waals surface area contributed by atoms with Gasteiger partial charge in [-0.25, -0.2) is 8.42 Å². The predicted molar refractivity (Wildman–Crippen MR) is 95.8 cm³/mol. The molecule has 2 atom stereocenters. The summed E-state index contributed by atoms with van der Waals surface area (Å²) in [5, 5.41) is 2.23. The summed E-state index contributed by atoms with van der Waals surface area (Å²) in [4.78, 5) is 11.6. The van der Waals surface area contributed by atoms with E-state index in [0.717, 1.165) is 49.2 Å². The molecule has 2 rings (SSSR count). The number of hydrogen-bond acceptors (Lipinski definition) is 3. The predicted octanol–water partition coefficient (Wildman–Crippen LogP) is 3.67. The molecule has 1 aliphatic carbocycles. The molecule has 0 heterocycles. The number of sulfonamides is 1. The van der Waals surface area contributed by atoms with Crippen molar-refractivity contribution < 1.29 is 26.4 Å². The van der Waals surface area contributed by atoms with Gasteiger partial charge in [0, 0.05) is 13.1 Å². The quantitative estimate of drug-likeness (QED) is 0.781. The summed E-state index contributed by atoms with van der Waals surface area (Å²) < 4.78 is 64.7. The van der Waals surface area contributed by atoms with Crippen molar-refractivity contribution >= 4 is 27.5 Å². The van der Waals surface area contributed by atoms with Gasteiger partial charge in [-0.05, 0) is 37.0 Å². The second-order valence-electron chi connectivity index (χ2n) is 6.84. The monoisotopic (exact) mass is 426 g/mol. The first-order chi connectivity index (χ1) is 12.4. The van der Waals surface area contributed by atoms with Crippen LogP contribution < -0.4 is 5.32 Å². The molecule has 27 heavy (non-hydrogen) atoms. The number of carbonyl (C=O) groups is 1. The Morgan fingerprint density at radius 2 is 1.93 bits per heavy atom. The molecule has 1 N–H and O–H groups in total. The SMILES string of the molecule is C[C@H]1CCCC[C@H]1NC(=O)CN(C)S(=O)(=O)c1ccc(Cl)c(C(F)(F)F)c1. The van der Waals surface area contributed by atoms with Gasteiger partial charge in [0.2, 0.25) is 15.9 Å². The minimum atomic E-state index is -4.78. The fourth-order valence-corrected chi connectivity index (χ4v) is 4.51. The lowest BCUT2D eigenvalue weighted by Gasteiger charge is -2.30. The molecule has 1 aromatic rings. The van der Waals surface area contributed by atoms with Gasteiger partial charge in [0.25, 0.3) is 0 Å². The highest BCUT2D eigenvalue weighted by molar-refractivity contribution is 7.89. The van der Waals surface area contributed by atoms with Crippen molar-refractivity contribution in [3.63, 3.8) is 0 Å². The van der Waals surface area contributed by atoms with Crippen molar-refractivity contribution in [3.05, 3.63) is 28.8 Å². The Balaban J connectivity index is 2.13. The fourth-order valence-electron chi connectivity index (χ4n) is 3.13. The number of nitrogens with zero attached hydrogens (tertiary/aromatic N) is 1. The number of benzene rings is 1. The zero-order valence-corrected chi connectivity index (χ0v) is 16.6. The molecule has 0 aromatic heterocycles. The third-order valence-electron chi connectivity index (χ3n) is 4.78. The molecule has 1 aliphatic rings. The van der Waals surface area contributed by atoms with Crippen LogP contribution in [0, 0.1) is 5.92 Å². The molecule has 5 nitrogen and oxygen atoms in total. The molecule has 0 unspecified atom stereocenters. The van der Waals surface area contributed by atoms with Crippen LogP contribution >= 0.6 is 11.6 Å². The summed E-state index contributed by atoms with van der Waals surface area (Å²) in [6.07, 6.45) is -0.871. The Labute approximate surface area is 161 Å². The lowest BCUT2D eigenvalue weighted by Crippen LogP contribution is -2.46. The highest BCUT2D eigenvalue weighted by Gasteiger charge is 2.35. The van der Waals surface area contributed by atoms with Crippen LogP contribution in [0.5, 0.6) is 0 Å². The number of hydrogen-bond donors (Lipinski definition) is 1. The zero-order chi connectivity index (χ0) is 20.4. The Hall–Kier alpha value is -1.32. The average molecular weight is 427 g/mol. The molecule has 0 bridgehead atoms. The smallest absolute Gasteiger partial charge is 0.352 e. The van der Waals surface area contributed by atoms with E-state index in [-0.39, 0.29) is 6.04 Å². The van der Waals surface area contributed by atoms with Gasteiger partial charge in [-0.15, -0.1) is 0 Å². The lowest BCUT2D eigenvalue weighted by atomic mass is 9.86. The summed E-state index contributed by atoms with van der Waals surface area (Å²) in [7, 11) is -3.12. The van der Waals surface area contributed by atoms with Crippen molar-refractivity contribution in [2.24, 2.45) is 5.92 Å². The number of rotatable bonds is 5. The number of likely N-dealkylation sites (N-methyl/N-ethyl adjacent to an activating group) is 1. The molecular weight excluding hydrogens is 405 g/mol. The maximum Gasteiger partial charge on any atom is 0.417 e. The number of amides is 1. The van der Waals surface area contributed by atoms with E-state index in [0.29, 0.717) is 12.0 Å². The third kappa shape index (κ3) is 5.36. The summed E-state index contributed by atoms with van der Waals surface area (Å²) >= 11 is 5.52. The molecule has 152 valence electrons. The van der Waals surface area contributed by atoms with Gasteiger partial charge in [0.1, 0.15) is 0 Å². The van der Waals surface area contributed by atoms with E-state index in [1.807, 2.05) is 6.92 Å². The number of halogens is 4. The van der Waals surface area contributed by atoms with Gasteiger partial charge < -0.3 is 5.32 Å². The lowest BCUT2D eigenvalue weighted by molar-refractivity contribution is -0.137. The molecule has 10 heteroatoms. The Morgan fingerprint density at radius 1 is 1.30 bits per heavy atom. The van der Waals surface area contributed by atoms with Gasteiger partial charge in [-0.1, -0.05) is 31.4 Å². The highest BCUT2D eigenvalue weighted by Crippen LogP contribution is 2.36. The summed E-state index contributed by atoms with van der Waals surface area (Å²) in [6.45, 7) is 1.55. The first kappa shape index (κ1) is 22.0. The first-order valence-electron chi connectivity index (χ1n) is 8.55. The molecule has 0 spiro atoms. The maximum atomic E-state index is 13.0. The van der Waals surface area contributed by atoms with Crippen molar-refractivity contribution in [3.8, 4) is 0 Å². The van der Waals surface area contributed by atoms with Gasteiger partial charge in [-0.3, -0.25) is 4.79 Å². The summed E-state index contributed by atoms with van der Waals surface area (Å²) in [5.41, 5.74) is -1.24. The Bertz CT molecular complexity index is 799. The third-order valence-corrected chi connectivity index (χ3v) is 6.90. The van der Waals surface area contributed by atoms with Gasteiger partial charge in [-0.2, -0.15) is 17.5 Å². The van der Waals surface area contributed by atoms with Crippen LogP contribution in [0.15, 0.2) is 23.1 Å². The number of carbonyl (C=O) groups excluding carboxylic acids is 1. The normalized spacial score (nSPS) is 21.3. The van der Waals surface area contributed by atoms with Crippen LogP contribution in [0.4, 0.5) is 13.2 Å². The minimum Gasteiger partial charge on any atom is -0.352 e. The first-order valence-corrected chi connectivity index (χ1v) is 10.4. The highest BCUT2D eigenvalue weighted by atomic mass is 35.5. The van der Waals surface area contributed by atoms with Crippen LogP contribution in [0.25, 0.3) is 0 Å². The Kier molecular flexibility index (Phi) is 6.81. The van der Waals surface area contributed by atoms with E-state index in [9.17, 15) is 26.4 Å². The number of nitrogens with one attached hydrogen (secondary N) is 1. The van der Waals surface area contributed by atoms with E-state index >= 15 is 0 Å². The van der Waals surface area contributed by atoms with Crippen molar-refractivity contribution in [1.82, 2.24) is 9.62 Å². The van der Waals surface area contributed by atoms with Gasteiger partial charge >= 0.3 is 6.18 Å². The minimum absolute atomic E-state index is 0.0188. The molecule has 1 fully saturated rings. The summed E-state index contributed by atoms with van der Waals surface area (Å²) in [6, 6.07) is 2.34. The second kappa shape index (κ2) is 8.36. The molecule has 0 saturated heterocycles. The van der Waals surface area contributed by atoms with Crippen LogP contribution in [-0.2, 0) is 21.0 Å². The van der Waals surface area contributed by atoms with Crippen molar-refractivity contribution in [1.29, 1.82) is 0 Å². The molecule has 0 radical (unpaired) electrons. The standard InChI is InChI=1S/C17H22ClF3N2O3S/c1-11-5-3-4-6-15(11)22-16(24)10-23(2)27(25,26)12-7-8-14(18)13(9-12)17(19,20)21/h7-9,11,15H,3-6,10H2,1-2H3,(H,22,24)/t11-,15+/m0/s1. The fraction of sp³-hybridized carbons (Fsp3) is 0.588. The molecule has 1 amide bonds. The molecule has 1 saturated carbocycles. The van der Waals surface area contributed by atoms with E-state index in [4.69, 9.17) is 11.6 Å². The van der Waals surface area contributed by atoms with Gasteiger partial charge in [0.15, 0.2) is 0 Å². The van der Waals surface area contributed by atoms with Crippen molar-refractivity contribution in [2.45, 2.75) is 49.7 Å². The van der Waals surface area contributed by atoms with Crippen molar-refractivity contribution in [2.75, 3.05) is 13.6 Å². The second-order valence-corrected chi connectivity index (χ2v) is 9.29. The van der Waals surface area contributed by atoms with E-state index in [1.165, 1.54) is 0 Å². The van der Waals surface area contributed by atoms with Crippen LogP contribution in [0.2, 0.25) is 5.02 Å². The van der Waals surface area contributed by atoms with E-state index in [1.54, 1.807) is 0 Å². The van der Waals surface area contributed by atoms with Crippen LogP contribution in [-0.4, -0.2) is 38.3 Å². The Morgan fingerprint density at radius 3 is 2.52 bits per heavy atom. The topological polar surface area (TPSA) is 66.5 Å². The van der Waals surface area contributed by atoms with E-state index < -0.39 is 44.1 Å². The molecule has 1 aromatic carbocycles. The van der Waals surface area contributed by atoms with E-state index in [2.05, 4.69) is 5.32 Å². The molecular formula is C17H22ClF3N2O3S. The maximum absolute atomic E-state index is 13.0. The van der Waals surface area contributed by atoms with Crippen LogP contribution in [0.1, 0.15) is 38.2 Å². The molecule has 0 aliphatic heterocycles. The average Bonchev–Trinajstić information content (AvgIpc) is 2.56. The van der Waals surface area contributed by atoms with Gasteiger partial charge in [0.05, 0.1) is 22.0 Å². The zero-order valence-electron chi connectivity index (χ0n) is 15.0. The summed E-state index contributed by atoms with van der Waals surface area (Å²) in [5.74, 6) is -0.181. The largest absolute Gasteiger partial charge is 0.417 e. The van der Waals surface area contributed by atoms with Crippen LogP contribution in [0.3, 0.4) is 0 Å². The number of alkyl halides is 3.